The topological polar surface area (TPSA) is 72.9 Å². The summed E-state index contributed by atoms with van der Waals surface area (Å²) in [5, 5.41) is 7.43. The van der Waals surface area contributed by atoms with E-state index in [-0.39, 0.29) is 12.4 Å². The summed E-state index contributed by atoms with van der Waals surface area (Å²) in [6.07, 6.45) is 2.63. The van der Waals surface area contributed by atoms with Crippen LogP contribution in [0.4, 0.5) is 10.1 Å². The van der Waals surface area contributed by atoms with Crippen molar-refractivity contribution in [2.24, 2.45) is 12.8 Å². The van der Waals surface area contributed by atoms with Crippen molar-refractivity contribution >= 4 is 11.6 Å². The molecule has 1 amide bonds. The van der Waals surface area contributed by atoms with Crippen LogP contribution < -0.4 is 11.1 Å². The lowest BCUT2D eigenvalue weighted by molar-refractivity contribution is 0.1000. The minimum absolute atomic E-state index is 0.269. The Hall–Kier alpha value is -2.37. The Labute approximate surface area is 116 Å². The van der Waals surface area contributed by atoms with E-state index < -0.39 is 5.91 Å². The molecule has 2 aromatic rings. The molecular weight excluding hydrogens is 259 g/mol. The molecule has 2 rings (SSSR count). The molecule has 0 fully saturated rings. The summed E-state index contributed by atoms with van der Waals surface area (Å²) in [5.74, 6) is -0.939. The number of nitrogens with zero attached hydrogens (tertiary/aromatic N) is 2. The maximum atomic E-state index is 13.7. The van der Waals surface area contributed by atoms with Gasteiger partial charge in [-0.15, -0.1) is 0 Å². The molecule has 3 N–H and O–H groups in total. The minimum atomic E-state index is -0.568. The van der Waals surface area contributed by atoms with Gasteiger partial charge in [0.15, 0.2) is 0 Å². The number of aromatic nitrogens is 2. The Bertz CT molecular complexity index is 636. The monoisotopic (exact) mass is 276 g/mol. The second kappa shape index (κ2) is 5.73. The van der Waals surface area contributed by atoms with Gasteiger partial charge >= 0.3 is 0 Å². The highest BCUT2D eigenvalue weighted by molar-refractivity contribution is 5.92. The van der Waals surface area contributed by atoms with Crippen molar-refractivity contribution in [2.75, 3.05) is 5.32 Å². The minimum Gasteiger partial charge on any atom is -0.378 e. The van der Waals surface area contributed by atoms with E-state index in [9.17, 15) is 9.18 Å². The molecule has 5 nitrogen and oxygen atoms in total. The molecule has 6 heteroatoms. The number of hydrogen-bond acceptors (Lipinski definition) is 3. The van der Waals surface area contributed by atoms with Gasteiger partial charge in [-0.25, -0.2) is 4.39 Å². The number of anilines is 1. The van der Waals surface area contributed by atoms with Crippen molar-refractivity contribution in [3.05, 3.63) is 47.0 Å². The SMILES string of the molecule is CCc1nn(C)cc1NCc1cc(C(N)=O)ccc1F. The number of rotatable bonds is 5. The predicted molar refractivity (Wildman–Crippen MR) is 74.8 cm³/mol. The van der Waals surface area contributed by atoms with Gasteiger partial charge in [0.2, 0.25) is 5.91 Å². The summed E-state index contributed by atoms with van der Waals surface area (Å²) in [4.78, 5) is 11.1. The fourth-order valence-electron chi connectivity index (χ4n) is 2.00. The quantitative estimate of drug-likeness (QED) is 0.875. The van der Waals surface area contributed by atoms with Crippen LogP contribution in [0.15, 0.2) is 24.4 Å². The molecule has 0 radical (unpaired) electrons. The summed E-state index contributed by atoms with van der Waals surface area (Å²) >= 11 is 0. The van der Waals surface area contributed by atoms with Gasteiger partial charge in [-0.05, 0) is 24.6 Å². The largest absolute Gasteiger partial charge is 0.378 e. The van der Waals surface area contributed by atoms with Crippen LogP contribution in [0.3, 0.4) is 0 Å². The normalized spacial score (nSPS) is 10.6. The first-order valence-corrected chi connectivity index (χ1v) is 6.36. The van der Waals surface area contributed by atoms with Crippen LogP contribution in [0.1, 0.15) is 28.5 Å². The molecule has 0 bridgehead atoms. The van der Waals surface area contributed by atoms with Gasteiger partial charge < -0.3 is 11.1 Å². The van der Waals surface area contributed by atoms with E-state index in [0.717, 1.165) is 17.8 Å². The summed E-state index contributed by atoms with van der Waals surface area (Å²) in [6, 6.07) is 4.09. The van der Waals surface area contributed by atoms with Crippen LogP contribution in [-0.2, 0) is 20.0 Å². The second-order valence-corrected chi connectivity index (χ2v) is 4.54. The fraction of sp³-hybridized carbons (Fsp3) is 0.286. The molecular formula is C14H17FN4O. The molecule has 0 unspecified atom stereocenters. The molecule has 1 aromatic heterocycles. The zero-order chi connectivity index (χ0) is 14.7. The Kier molecular flexibility index (Phi) is 4.02. The average molecular weight is 276 g/mol. The van der Waals surface area contributed by atoms with Crippen LogP contribution in [0, 0.1) is 5.82 Å². The van der Waals surface area contributed by atoms with Crippen molar-refractivity contribution in [2.45, 2.75) is 19.9 Å². The molecule has 0 aliphatic heterocycles. The highest BCUT2D eigenvalue weighted by Gasteiger charge is 2.09. The third kappa shape index (κ3) is 2.96. The van der Waals surface area contributed by atoms with Gasteiger partial charge in [0, 0.05) is 30.9 Å². The molecule has 0 aliphatic carbocycles. The van der Waals surface area contributed by atoms with Gasteiger partial charge in [0.05, 0.1) is 11.4 Å². The van der Waals surface area contributed by atoms with Crippen molar-refractivity contribution in [1.82, 2.24) is 9.78 Å². The van der Waals surface area contributed by atoms with Crippen molar-refractivity contribution in [1.29, 1.82) is 0 Å². The molecule has 0 saturated carbocycles. The standard InChI is InChI=1S/C14H17FN4O/c1-3-12-13(8-19(2)18-12)17-7-10-6-9(14(16)20)4-5-11(10)15/h4-6,8,17H,3,7H2,1-2H3,(H2,16,20). The maximum Gasteiger partial charge on any atom is 0.248 e. The van der Waals surface area contributed by atoms with E-state index in [1.807, 2.05) is 20.2 Å². The number of halogens is 1. The van der Waals surface area contributed by atoms with E-state index in [1.54, 1.807) is 4.68 Å². The molecule has 20 heavy (non-hydrogen) atoms. The van der Waals surface area contributed by atoms with Crippen molar-refractivity contribution < 1.29 is 9.18 Å². The molecule has 0 spiro atoms. The Morgan fingerprint density at radius 3 is 2.90 bits per heavy atom. The molecule has 0 aliphatic rings. The molecule has 106 valence electrons. The third-order valence-corrected chi connectivity index (χ3v) is 3.04. The van der Waals surface area contributed by atoms with E-state index >= 15 is 0 Å². The Morgan fingerprint density at radius 2 is 2.25 bits per heavy atom. The van der Waals surface area contributed by atoms with E-state index in [4.69, 9.17) is 5.73 Å². The number of nitrogens with two attached hydrogens (primary N) is 1. The molecule has 0 atom stereocenters. The first-order valence-electron chi connectivity index (χ1n) is 6.36. The number of carbonyl (C=O) groups excluding carboxylic acids is 1. The zero-order valence-electron chi connectivity index (χ0n) is 11.5. The summed E-state index contributed by atoms with van der Waals surface area (Å²) in [6.45, 7) is 2.27. The van der Waals surface area contributed by atoms with Crippen LogP contribution in [0.2, 0.25) is 0 Å². The second-order valence-electron chi connectivity index (χ2n) is 4.54. The Balaban J connectivity index is 2.18. The fourth-order valence-corrected chi connectivity index (χ4v) is 2.00. The summed E-state index contributed by atoms with van der Waals surface area (Å²) < 4.78 is 15.4. The van der Waals surface area contributed by atoms with Gasteiger partial charge in [-0.2, -0.15) is 5.10 Å². The molecule has 1 aromatic carbocycles. The van der Waals surface area contributed by atoms with Crippen molar-refractivity contribution in [3.63, 3.8) is 0 Å². The average Bonchev–Trinajstić information content (AvgIpc) is 2.77. The smallest absolute Gasteiger partial charge is 0.248 e. The predicted octanol–water partition coefficient (Wildman–Crippen LogP) is 1.83. The lowest BCUT2D eigenvalue weighted by Crippen LogP contribution is -2.12. The van der Waals surface area contributed by atoms with E-state index in [1.165, 1.54) is 18.2 Å². The number of amides is 1. The first-order chi connectivity index (χ1) is 9.51. The van der Waals surface area contributed by atoms with E-state index in [2.05, 4.69) is 10.4 Å². The number of carbonyl (C=O) groups is 1. The van der Waals surface area contributed by atoms with Crippen molar-refractivity contribution in [3.8, 4) is 0 Å². The number of aryl methyl sites for hydroxylation is 2. The van der Waals surface area contributed by atoms with Crippen LogP contribution in [-0.4, -0.2) is 15.7 Å². The van der Waals surface area contributed by atoms with Gasteiger partial charge in [-0.1, -0.05) is 6.92 Å². The molecule has 1 heterocycles. The lowest BCUT2D eigenvalue weighted by atomic mass is 10.1. The highest BCUT2D eigenvalue weighted by Crippen LogP contribution is 2.17. The number of benzene rings is 1. The first kappa shape index (κ1) is 14.0. The Morgan fingerprint density at radius 1 is 1.50 bits per heavy atom. The number of nitrogens with one attached hydrogen (secondary N) is 1. The maximum absolute atomic E-state index is 13.7. The van der Waals surface area contributed by atoms with Gasteiger partial charge in [0.25, 0.3) is 0 Å². The van der Waals surface area contributed by atoms with E-state index in [0.29, 0.717) is 11.1 Å². The summed E-state index contributed by atoms with van der Waals surface area (Å²) in [7, 11) is 1.83. The summed E-state index contributed by atoms with van der Waals surface area (Å²) in [5.41, 5.74) is 7.66. The van der Waals surface area contributed by atoms with Crippen LogP contribution in [0.5, 0.6) is 0 Å². The lowest BCUT2D eigenvalue weighted by Gasteiger charge is -2.08. The number of primary amides is 1. The zero-order valence-corrected chi connectivity index (χ0v) is 11.5. The third-order valence-electron chi connectivity index (χ3n) is 3.04. The number of hydrogen-bond donors (Lipinski definition) is 2. The highest BCUT2D eigenvalue weighted by atomic mass is 19.1. The van der Waals surface area contributed by atoms with Crippen LogP contribution in [0.25, 0.3) is 0 Å². The van der Waals surface area contributed by atoms with Gasteiger partial charge in [-0.3, -0.25) is 9.48 Å². The van der Waals surface area contributed by atoms with Gasteiger partial charge in [0.1, 0.15) is 5.82 Å². The van der Waals surface area contributed by atoms with Crippen LogP contribution >= 0.6 is 0 Å². The molecule has 0 saturated heterocycles.